The quantitative estimate of drug-likeness (QED) is 0.199. The van der Waals surface area contributed by atoms with E-state index in [0.717, 1.165) is 29.2 Å². The van der Waals surface area contributed by atoms with Gasteiger partial charge in [-0.1, -0.05) is 140 Å². The molecule has 2 heterocycles. The summed E-state index contributed by atoms with van der Waals surface area (Å²) in [5, 5.41) is 3.59. The van der Waals surface area contributed by atoms with Gasteiger partial charge < -0.3 is 4.90 Å². The smallest absolute Gasteiger partial charge is 0.132 e. The summed E-state index contributed by atoms with van der Waals surface area (Å²) in [6.07, 6.45) is 8.70. The first-order valence-corrected chi connectivity index (χ1v) is 15.1. The third-order valence-corrected chi connectivity index (χ3v) is 8.77. The van der Waals surface area contributed by atoms with E-state index < -0.39 is 0 Å². The minimum atomic E-state index is 0.204. The summed E-state index contributed by atoms with van der Waals surface area (Å²) in [5.41, 5.74) is 9.12. The van der Waals surface area contributed by atoms with Gasteiger partial charge in [0.1, 0.15) is 5.84 Å². The molecular weight excluding hydrogens is 522 g/mol. The molecule has 0 amide bonds. The zero-order chi connectivity index (χ0) is 28.8. The Hall–Kier alpha value is -5.28. The molecular formula is C40H31N3. The van der Waals surface area contributed by atoms with Crippen LogP contribution in [0.15, 0.2) is 151 Å². The molecule has 0 saturated carbocycles. The summed E-state index contributed by atoms with van der Waals surface area (Å²) in [7, 11) is 0. The summed E-state index contributed by atoms with van der Waals surface area (Å²) in [5.74, 6) is 1.08. The number of likely N-dealkylation sites (N-methyl/N-ethyl adjacent to an activating group) is 1. The first kappa shape index (κ1) is 25.4. The average Bonchev–Trinajstić information content (AvgIpc) is 3.47. The number of aromatic nitrogens is 1. The second-order valence-corrected chi connectivity index (χ2v) is 11.2. The largest absolute Gasteiger partial charge is 0.348 e. The molecule has 1 aromatic heterocycles. The van der Waals surface area contributed by atoms with Crippen molar-refractivity contribution in [3.05, 3.63) is 151 Å². The maximum Gasteiger partial charge on any atom is 0.132 e. The van der Waals surface area contributed by atoms with E-state index >= 15 is 0 Å². The van der Waals surface area contributed by atoms with Crippen LogP contribution in [0.5, 0.6) is 0 Å². The summed E-state index contributed by atoms with van der Waals surface area (Å²) in [6, 6.07) is 43.9. The molecule has 1 aliphatic heterocycles. The van der Waals surface area contributed by atoms with Gasteiger partial charge in [0.25, 0.3) is 0 Å². The molecule has 6 aromatic rings. The van der Waals surface area contributed by atoms with Gasteiger partial charge in [0.15, 0.2) is 0 Å². The maximum absolute atomic E-state index is 5.18. The van der Waals surface area contributed by atoms with Gasteiger partial charge in [-0.25, -0.2) is 4.98 Å². The van der Waals surface area contributed by atoms with Gasteiger partial charge in [-0.15, -0.1) is 0 Å². The Morgan fingerprint density at radius 1 is 0.581 bits per heavy atom. The van der Waals surface area contributed by atoms with Crippen LogP contribution in [0, 0.1) is 0 Å². The lowest BCUT2D eigenvalue weighted by Gasteiger charge is -2.27. The monoisotopic (exact) mass is 553 g/mol. The van der Waals surface area contributed by atoms with Crippen LogP contribution >= 0.6 is 0 Å². The van der Waals surface area contributed by atoms with Crippen LogP contribution in [0.2, 0.25) is 0 Å². The molecule has 2 atom stereocenters. The van der Waals surface area contributed by atoms with E-state index in [9.17, 15) is 0 Å². The summed E-state index contributed by atoms with van der Waals surface area (Å²) < 4.78 is 0. The normalized spacial score (nSPS) is 17.4. The first-order valence-electron chi connectivity index (χ1n) is 15.1. The highest BCUT2D eigenvalue weighted by atomic mass is 15.3. The van der Waals surface area contributed by atoms with E-state index in [2.05, 4.69) is 157 Å². The number of rotatable bonds is 5. The number of allylic oxidation sites excluding steroid dienone is 2. The maximum atomic E-state index is 5.18. The minimum absolute atomic E-state index is 0.204. The number of hydrogen-bond acceptors (Lipinski definition) is 3. The summed E-state index contributed by atoms with van der Waals surface area (Å²) >= 11 is 0. The van der Waals surface area contributed by atoms with Crippen LogP contribution in [0.25, 0.3) is 55.2 Å². The molecule has 5 aromatic carbocycles. The van der Waals surface area contributed by atoms with Crippen LogP contribution in [0.3, 0.4) is 0 Å². The Morgan fingerprint density at radius 2 is 1.23 bits per heavy atom. The molecule has 3 heteroatoms. The summed E-state index contributed by atoms with van der Waals surface area (Å²) in [6.45, 7) is 3.14. The van der Waals surface area contributed by atoms with E-state index in [-0.39, 0.29) is 6.04 Å². The second kappa shape index (κ2) is 10.5. The van der Waals surface area contributed by atoms with Gasteiger partial charge in [0.05, 0.1) is 23.3 Å². The van der Waals surface area contributed by atoms with E-state index in [4.69, 9.17) is 9.98 Å². The fourth-order valence-electron chi connectivity index (χ4n) is 6.66. The molecule has 1 aliphatic carbocycles. The zero-order valence-corrected chi connectivity index (χ0v) is 24.1. The molecule has 3 nitrogen and oxygen atoms in total. The lowest BCUT2D eigenvalue weighted by molar-refractivity contribution is 0.387. The topological polar surface area (TPSA) is 28.5 Å². The summed E-state index contributed by atoms with van der Waals surface area (Å²) in [4.78, 5) is 12.6. The number of aliphatic imine (C=N–C) groups is 1. The highest BCUT2D eigenvalue weighted by molar-refractivity contribution is 6.17. The predicted molar refractivity (Wildman–Crippen MR) is 180 cm³/mol. The lowest BCUT2D eigenvalue weighted by Crippen LogP contribution is -2.38. The van der Waals surface area contributed by atoms with Crippen LogP contribution in [0.4, 0.5) is 0 Å². The number of pyridine rings is 1. The van der Waals surface area contributed by atoms with Gasteiger partial charge >= 0.3 is 0 Å². The minimum Gasteiger partial charge on any atom is -0.348 e. The van der Waals surface area contributed by atoms with Crippen molar-refractivity contribution in [2.75, 3.05) is 6.54 Å². The van der Waals surface area contributed by atoms with Crippen molar-refractivity contribution < 1.29 is 0 Å². The van der Waals surface area contributed by atoms with Crippen LogP contribution in [-0.2, 0) is 0 Å². The Bertz CT molecular complexity index is 2050. The molecule has 0 saturated heterocycles. The van der Waals surface area contributed by atoms with E-state index in [1.54, 1.807) is 0 Å². The molecule has 8 rings (SSSR count). The Morgan fingerprint density at radius 3 is 2.00 bits per heavy atom. The van der Waals surface area contributed by atoms with Crippen LogP contribution in [0.1, 0.15) is 12.5 Å². The molecule has 2 aliphatic rings. The van der Waals surface area contributed by atoms with Crippen LogP contribution in [-0.4, -0.2) is 34.3 Å². The van der Waals surface area contributed by atoms with Gasteiger partial charge in [-0.2, -0.15) is 0 Å². The SMILES string of the molecule is CCN1C(c2ccc(-c3ccc(-c4nc5ccccc5c5c(-c6ccccc6)cccc45)cc3)cc2)=NC2C=CC=CC21. The average molecular weight is 554 g/mol. The molecule has 0 bridgehead atoms. The predicted octanol–water partition coefficient (Wildman–Crippen LogP) is 9.33. The van der Waals surface area contributed by atoms with Gasteiger partial charge in [0, 0.05) is 33.8 Å². The van der Waals surface area contributed by atoms with Crippen molar-refractivity contribution >= 4 is 27.5 Å². The number of benzene rings is 5. The molecule has 206 valence electrons. The standard InChI is InChI=1S/C40H31N3/c1-2-43-37-18-9-8-17-36(37)42-40(43)31-25-21-28(22-26-31)27-19-23-30(24-20-27)39-34-15-10-14-32(29-11-4-3-5-12-29)38(34)33-13-6-7-16-35(33)41-39/h3-26,36-37H,2H2,1H3. The van der Waals surface area contributed by atoms with E-state index in [1.165, 1.54) is 44.0 Å². The fraction of sp³-hybridized carbons (Fsp3) is 0.100. The number of fused-ring (bicyclic) bond motifs is 4. The zero-order valence-electron chi connectivity index (χ0n) is 24.1. The lowest BCUT2D eigenvalue weighted by atomic mass is 9.92. The number of hydrogen-bond donors (Lipinski definition) is 0. The van der Waals surface area contributed by atoms with Gasteiger partial charge in [0.2, 0.25) is 0 Å². The van der Waals surface area contributed by atoms with Crippen molar-refractivity contribution in [2.24, 2.45) is 4.99 Å². The van der Waals surface area contributed by atoms with Crippen molar-refractivity contribution in [3.63, 3.8) is 0 Å². The third kappa shape index (κ3) is 4.36. The number of amidine groups is 1. The van der Waals surface area contributed by atoms with Gasteiger partial charge in [-0.05, 0) is 35.2 Å². The van der Waals surface area contributed by atoms with Crippen LogP contribution < -0.4 is 0 Å². The number of nitrogens with zero attached hydrogens (tertiary/aromatic N) is 3. The van der Waals surface area contributed by atoms with Crippen molar-refractivity contribution in [2.45, 2.75) is 19.0 Å². The number of para-hydroxylation sites is 1. The molecule has 0 radical (unpaired) electrons. The van der Waals surface area contributed by atoms with E-state index in [0.29, 0.717) is 6.04 Å². The second-order valence-electron chi connectivity index (χ2n) is 11.2. The highest BCUT2D eigenvalue weighted by Crippen LogP contribution is 2.39. The van der Waals surface area contributed by atoms with Crippen molar-refractivity contribution in [1.29, 1.82) is 0 Å². The molecule has 0 fully saturated rings. The Labute approximate surface area is 252 Å². The van der Waals surface area contributed by atoms with Gasteiger partial charge in [-0.3, -0.25) is 4.99 Å². The first-order chi connectivity index (χ1) is 21.3. The highest BCUT2D eigenvalue weighted by Gasteiger charge is 2.33. The fourth-order valence-corrected chi connectivity index (χ4v) is 6.66. The van der Waals surface area contributed by atoms with Crippen molar-refractivity contribution in [3.8, 4) is 33.5 Å². The molecule has 0 spiro atoms. The molecule has 0 N–H and O–H groups in total. The Balaban J connectivity index is 1.16. The molecule has 2 unspecified atom stereocenters. The van der Waals surface area contributed by atoms with Crippen molar-refractivity contribution in [1.82, 2.24) is 9.88 Å². The van der Waals surface area contributed by atoms with E-state index in [1.807, 2.05) is 0 Å². The Kier molecular flexibility index (Phi) is 6.22. The third-order valence-electron chi connectivity index (χ3n) is 8.77. The molecule has 43 heavy (non-hydrogen) atoms.